The average molecular weight is 263 g/mol. The van der Waals surface area contributed by atoms with E-state index in [9.17, 15) is 4.79 Å². The first-order chi connectivity index (χ1) is 9.04. The van der Waals surface area contributed by atoms with Crippen LogP contribution in [0.1, 0.15) is 19.4 Å². The molecule has 1 aromatic carbocycles. The Morgan fingerprint density at radius 1 is 1.32 bits per heavy atom. The van der Waals surface area contributed by atoms with E-state index in [0.29, 0.717) is 6.54 Å². The van der Waals surface area contributed by atoms with Crippen LogP contribution < -0.4 is 10.2 Å². The van der Waals surface area contributed by atoms with E-state index in [2.05, 4.69) is 19.2 Å². The highest BCUT2D eigenvalue weighted by Gasteiger charge is 2.27. The van der Waals surface area contributed by atoms with Crippen LogP contribution >= 0.6 is 0 Å². The van der Waals surface area contributed by atoms with Crippen LogP contribution in [0.4, 0.5) is 5.69 Å². The van der Waals surface area contributed by atoms with Gasteiger partial charge in [-0.2, -0.15) is 0 Å². The van der Waals surface area contributed by atoms with Gasteiger partial charge in [0.1, 0.15) is 25.3 Å². The first-order valence-corrected chi connectivity index (χ1v) is 6.89. The van der Waals surface area contributed by atoms with Crippen molar-refractivity contribution in [2.24, 2.45) is 0 Å². The summed E-state index contributed by atoms with van der Waals surface area (Å²) in [5.74, 6) is 0.0746. The number of morpholine rings is 1. The molecule has 2 rings (SSSR count). The van der Waals surface area contributed by atoms with Crippen LogP contribution in [0.25, 0.3) is 0 Å². The van der Waals surface area contributed by atoms with Gasteiger partial charge in [-0.05, 0) is 32.4 Å². The van der Waals surface area contributed by atoms with E-state index in [4.69, 9.17) is 4.74 Å². The number of ether oxygens (including phenoxy) is 1. The van der Waals surface area contributed by atoms with Crippen molar-refractivity contribution in [3.63, 3.8) is 0 Å². The Balaban J connectivity index is 1.89. The number of quaternary nitrogens is 1. The summed E-state index contributed by atoms with van der Waals surface area (Å²) in [5.41, 5.74) is 2.00. The molecule has 1 heterocycles. The van der Waals surface area contributed by atoms with Crippen LogP contribution in [0.3, 0.4) is 0 Å². The number of anilines is 1. The molecule has 1 aliphatic rings. The predicted molar refractivity (Wildman–Crippen MR) is 75.4 cm³/mol. The van der Waals surface area contributed by atoms with Crippen LogP contribution in [0.2, 0.25) is 0 Å². The van der Waals surface area contributed by atoms with E-state index in [1.165, 1.54) is 4.90 Å². The third-order valence-corrected chi connectivity index (χ3v) is 3.45. The van der Waals surface area contributed by atoms with E-state index in [-0.39, 0.29) is 18.1 Å². The van der Waals surface area contributed by atoms with Gasteiger partial charge in [0.2, 0.25) is 0 Å². The summed E-state index contributed by atoms with van der Waals surface area (Å²) in [4.78, 5) is 13.4. The highest BCUT2D eigenvalue weighted by molar-refractivity contribution is 5.92. The standard InChI is InChI=1S/C15H22N2O2/c1-11-6-4-5-7-14(11)16-15(18)10-17-8-12(2)19-13(3)9-17/h4-7,12-13H,8-10H2,1-3H3,(H,16,18)/p+1/t12-,13-/m1/s1. The van der Waals surface area contributed by atoms with Gasteiger partial charge >= 0.3 is 0 Å². The summed E-state index contributed by atoms with van der Waals surface area (Å²) in [7, 11) is 0. The predicted octanol–water partition coefficient (Wildman–Crippen LogP) is 0.626. The van der Waals surface area contributed by atoms with E-state index in [1.54, 1.807) is 0 Å². The number of carbonyl (C=O) groups excluding carboxylic acids is 1. The number of carbonyl (C=O) groups is 1. The van der Waals surface area contributed by atoms with E-state index in [1.807, 2.05) is 31.2 Å². The Hall–Kier alpha value is -1.39. The molecule has 2 N–H and O–H groups in total. The van der Waals surface area contributed by atoms with Gasteiger partial charge in [0.25, 0.3) is 5.91 Å². The molecule has 1 aromatic rings. The van der Waals surface area contributed by atoms with E-state index >= 15 is 0 Å². The fraction of sp³-hybridized carbons (Fsp3) is 0.533. The minimum Gasteiger partial charge on any atom is -0.364 e. The molecule has 0 spiro atoms. The number of nitrogens with one attached hydrogen (secondary N) is 2. The Morgan fingerprint density at radius 2 is 1.95 bits per heavy atom. The normalized spacial score (nSPS) is 27.0. The van der Waals surface area contributed by atoms with Crippen molar-refractivity contribution in [3.8, 4) is 0 Å². The SMILES string of the molecule is Cc1ccccc1NC(=O)C[NH+]1C[C@@H](C)O[C@H](C)C1. The highest BCUT2D eigenvalue weighted by Crippen LogP contribution is 2.12. The van der Waals surface area contributed by atoms with Gasteiger partial charge in [-0.25, -0.2) is 0 Å². The molecule has 1 amide bonds. The smallest absolute Gasteiger partial charge is 0.279 e. The summed E-state index contributed by atoms with van der Waals surface area (Å²) in [6.07, 6.45) is 0.454. The van der Waals surface area contributed by atoms with Crippen molar-refractivity contribution in [3.05, 3.63) is 29.8 Å². The van der Waals surface area contributed by atoms with Crippen molar-refractivity contribution in [2.75, 3.05) is 25.0 Å². The van der Waals surface area contributed by atoms with Crippen molar-refractivity contribution in [2.45, 2.75) is 33.0 Å². The van der Waals surface area contributed by atoms with Crippen LogP contribution in [-0.4, -0.2) is 37.7 Å². The molecule has 19 heavy (non-hydrogen) atoms. The Morgan fingerprint density at radius 3 is 2.58 bits per heavy atom. The van der Waals surface area contributed by atoms with Gasteiger partial charge in [0.15, 0.2) is 6.54 Å². The number of rotatable bonds is 3. The zero-order chi connectivity index (χ0) is 13.8. The molecular weight excluding hydrogens is 240 g/mol. The van der Waals surface area contributed by atoms with Crippen LogP contribution in [0, 0.1) is 6.92 Å². The number of para-hydroxylation sites is 1. The monoisotopic (exact) mass is 263 g/mol. The number of amides is 1. The minimum atomic E-state index is 0.0746. The van der Waals surface area contributed by atoms with Gasteiger partial charge in [-0.15, -0.1) is 0 Å². The minimum absolute atomic E-state index is 0.0746. The zero-order valence-corrected chi connectivity index (χ0v) is 11.9. The number of benzene rings is 1. The summed E-state index contributed by atoms with van der Waals surface area (Å²) >= 11 is 0. The molecule has 0 saturated carbocycles. The highest BCUT2D eigenvalue weighted by atomic mass is 16.5. The van der Waals surface area contributed by atoms with Crippen molar-refractivity contribution >= 4 is 11.6 Å². The van der Waals surface area contributed by atoms with Gasteiger partial charge in [0, 0.05) is 5.69 Å². The zero-order valence-electron chi connectivity index (χ0n) is 11.9. The second kappa shape index (κ2) is 6.17. The van der Waals surface area contributed by atoms with E-state index < -0.39 is 0 Å². The summed E-state index contributed by atoms with van der Waals surface area (Å²) in [6, 6.07) is 7.85. The topological polar surface area (TPSA) is 42.8 Å². The molecule has 0 unspecified atom stereocenters. The third-order valence-electron chi connectivity index (χ3n) is 3.45. The molecule has 0 aliphatic carbocycles. The molecule has 0 bridgehead atoms. The Labute approximate surface area is 114 Å². The lowest BCUT2D eigenvalue weighted by molar-refractivity contribution is -0.907. The fourth-order valence-corrected chi connectivity index (χ4v) is 2.67. The van der Waals surface area contributed by atoms with Crippen LogP contribution in [0.5, 0.6) is 0 Å². The summed E-state index contributed by atoms with van der Waals surface area (Å²) < 4.78 is 5.68. The summed E-state index contributed by atoms with van der Waals surface area (Å²) in [6.45, 7) is 8.43. The molecule has 1 aliphatic heterocycles. The van der Waals surface area contributed by atoms with Crippen molar-refractivity contribution < 1.29 is 14.4 Å². The Bertz CT molecular complexity index is 438. The summed E-state index contributed by atoms with van der Waals surface area (Å²) in [5, 5.41) is 2.99. The van der Waals surface area contributed by atoms with Crippen molar-refractivity contribution in [1.82, 2.24) is 0 Å². The lowest BCUT2D eigenvalue weighted by atomic mass is 10.2. The molecule has 0 aromatic heterocycles. The van der Waals surface area contributed by atoms with Crippen LogP contribution in [0.15, 0.2) is 24.3 Å². The number of hydrogen-bond donors (Lipinski definition) is 2. The second-order valence-electron chi connectivity index (χ2n) is 5.46. The quantitative estimate of drug-likeness (QED) is 0.840. The Kier molecular flexibility index (Phi) is 4.56. The maximum absolute atomic E-state index is 12.1. The average Bonchev–Trinajstić information content (AvgIpc) is 2.30. The van der Waals surface area contributed by atoms with Gasteiger partial charge in [0.05, 0.1) is 0 Å². The maximum atomic E-state index is 12.1. The van der Waals surface area contributed by atoms with Gasteiger partial charge in [-0.3, -0.25) is 4.79 Å². The molecule has 1 fully saturated rings. The fourth-order valence-electron chi connectivity index (χ4n) is 2.67. The lowest BCUT2D eigenvalue weighted by Crippen LogP contribution is -3.16. The molecule has 2 atom stereocenters. The molecule has 4 nitrogen and oxygen atoms in total. The van der Waals surface area contributed by atoms with Crippen LogP contribution in [-0.2, 0) is 9.53 Å². The molecule has 104 valence electrons. The largest absolute Gasteiger partial charge is 0.364 e. The number of aryl methyl sites for hydroxylation is 1. The lowest BCUT2D eigenvalue weighted by Gasteiger charge is -2.31. The molecule has 1 saturated heterocycles. The maximum Gasteiger partial charge on any atom is 0.279 e. The third kappa shape index (κ3) is 4.04. The van der Waals surface area contributed by atoms with E-state index in [0.717, 1.165) is 24.3 Å². The molecular formula is C15H23N2O2+. The van der Waals surface area contributed by atoms with Gasteiger partial charge < -0.3 is 15.0 Å². The second-order valence-corrected chi connectivity index (χ2v) is 5.46. The number of hydrogen-bond acceptors (Lipinski definition) is 2. The molecule has 4 heteroatoms. The molecule has 0 radical (unpaired) electrons. The van der Waals surface area contributed by atoms with Crippen molar-refractivity contribution in [1.29, 1.82) is 0 Å². The van der Waals surface area contributed by atoms with Gasteiger partial charge in [-0.1, -0.05) is 18.2 Å². The first-order valence-electron chi connectivity index (χ1n) is 6.89. The first kappa shape index (κ1) is 14.0.